The van der Waals surface area contributed by atoms with Crippen LogP contribution in [0.3, 0.4) is 0 Å². The Labute approximate surface area is 282 Å². The van der Waals surface area contributed by atoms with Crippen LogP contribution in [0.25, 0.3) is 21.9 Å². The van der Waals surface area contributed by atoms with Gasteiger partial charge in [0.25, 0.3) is 0 Å². The topological polar surface area (TPSA) is 24.3 Å². The molecule has 0 saturated heterocycles. The molecule has 0 aliphatic heterocycles. The van der Waals surface area contributed by atoms with Gasteiger partial charge in [-0.05, 0) is 61.3 Å². The number of rotatable bonds is 13. The van der Waals surface area contributed by atoms with Crippen molar-refractivity contribution in [2.45, 2.75) is 104 Å². The summed E-state index contributed by atoms with van der Waals surface area (Å²) in [7, 11) is 8.12. The summed E-state index contributed by atoms with van der Waals surface area (Å²) in [5.41, 5.74) is 6.43. The minimum Gasteiger partial charge on any atom is -0.364 e. The van der Waals surface area contributed by atoms with E-state index in [0.717, 1.165) is 25.7 Å². The van der Waals surface area contributed by atoms with Gasteiger partial charge in [0.1, 0.15) is 8.64 Å². The van der Waals surface area contributed by atoms with Crippen molar-refractivity contribution in [3.8, 4) is 0 Å². The lowest BCUT2D eigenvalue weighted by molar-refractivity contribution is 0.418. The van der Waals surface area contributed by atoms with Crippen molar-refractivity contribution in [1.29, 1.82) is 0 Å². The Morgan fingerprint density at radius 1 is 0.814 bits per heavy atom. The van der Waals surface area contributed by atoms with Gasteiger partial charge in [-0.15, -0.1) is 0 Å². The second kappa shape index (κ2) is 18.6. The van der Waals surface area contributed by atoms with Crippen LogP contribution < -0.4 is 0 Å². The maximum atomic E-state index is 5.46. The number of benzene rings is 1. The first kappa shape index (κ1) is 37.8. The van der Waals surface area contributed by atoms with Crippen LogP contribution in [0.15, 0.2) is 30.5 Å². The molecule has 8 heteroatoms. The summed E-state index contributed by atoms with van der Waals surface area (Å²) in [6, 6.07) is 9.76. The Kier molecular flexibility index (Phi) is 16.3. The number of fused-ring (bicyclic) bond motifs is 3. The summed E-state index contributed by atoms with van der Waals surface area (Å²) in [5, 5.41) is 1.28. The maximum Gasteiger partial charge on any atom is 0.135 e. The van der Waals surface area contributed by atoms with Crippen molar-refractivity contribution >= 4 is 78.5 Å². The molecule has 3 aromatic rings. The van der Waals surface area contributed by atoms with Crippen molar-refractivity contribution in [3.63, 3.8) is 0 Å². The summed E-state index contributed by atoms with van der Waals surface area (Å²) < 4.78 is 4.62. The van der Waals surface area contributed by atoms with E-state index < -0.39 is 0 Å². The molecule has 0 bridgehead atoms. The van der Waals surface area contributed by atoms with E-state index in [1.165, 1.54) is 78.9 Å². The van der Waals surface area contributed by atoms with Crippen molar-refractivity contribution < 1.29 is 0 Å². The van der Waals surface area contributed by atoms with E-state index in [2.05, 4.69) is 62.7 Å². The van der Waals surface area contributed by atoms with Gasteiger partial charge < -0.3 is 14.4 Å². The molecule has 1 aromatic carbocycles. The van der Waals surface area contributed by atoms with E-state index in [4.69, 9.17) is 29.4 Å². The molecule has 0 fully saturated rings. The lowest BCUT2D eigenvalue weighted by Gasteiger charge is -2.23. The highest BCUT2D eigenvalue weighted by Gasteiger charge is 2.22. The predicted octanol–water partition coefficient (Wildman–Crippen LogP) is 10.6. The highest BCUT2D eigenvalue weighted by atomic mass is 32.2. The second-order valence-corrected chi connectivity index (χ2v) is 16.1. The van der Waals surface area contributed by atoms with Crippen LogP contribution in [0.4, 0.5) is 0 Å². The predicted molar refractivity (Wildman–Crippen MR) is 205 cm³/mol. The molecule has 0 saturated carbocycles. The maximum absolute atomic E-state index is 5.46. The van der Waals surface area contributed by atoms with Crippen LogP contribution in [-0.2, 0) is 5.41 Å². The number of hydrogen-bond acceptors (Lipinski definition) is 5. The largest absolute Gasteiger partial charge is 0.364 e. The Morgan fingerprint density at radius 3 is 1.84 bits per heavy atom. The van der Waals surface area contributed by atoms with E-state index in [0.29, 0.717) is 6.04 Å². The van der Waals surface area contributed by atoms with Crippen LogP contribution in [0.1, 0.15) is 103 Å². The van der Waals surface area contributed by atoms with Gasteiger partial charge in [-0.3, -0.25) is 4.98 Å². The fraction of sp³-hybridized carbons (Fsp3) is 0.629. The van der Waals surface area contributed by atoms with Gasteiger partial charge in [0.05, 0.1) is 16.6 Å². The van der Waals surface area contributed by atoms with Gasteiger partial charge >= 0.3 is 0 Å². The normalized spacial score (nSPS) is 11.6. The summed E-state index contributed by atoms with van der Waals surface area (Å²) in [4.78, 5) is 9.12. The second-order valence-electron chi connectivity index (χ2n) is 12.6. The molecule has 43 heavy (non-hydrogen) atoms. The zero-order valence-corrected chi connectivity index (χ0v) is 31.7. The first-order valence-corrected chi connectivity index (χ1v) is 18.8. The average Bonchev–Trinajstić information content (AvgIpc) is 3.28. The molecule has 4 nitrogen and oxygen atoms in total. The Morgan fingerprint density at radius 2 is 1.35 bits per heavy atom. The fourth-order valence-electron chi connectivity index (χ4n) is 5.12. The third-order valence-electron chi connectivity index (χ3n) is 7.57. The molecular weight excluding hydrogens is 605 g/mol. The number of thioether (sulfide) groups is 2. The van der Waals surface area contributed by atoms with Crippen molar-refractivity contribution in [2.24, 2.45) is 0 Å². The van der Waals surface area contributed by atoms with E-state index in [9.17, 15) is 0 Å². The SMILES string of the molecule is CC.Cc1ccc2c3ncc(C(C)(C)C)cc3n(C(CCCCCSC(=S)N(C)C)CCCCCSC(=S)N(C)C)c2c1. The van der Waals surface area contributed by atoms with Crippen LogP contribution in [0, 0.1) is 6.92 Å². The molecule has 0 spiro atoms. The quantitative estimate of drug-likeness (QED) is 0.133. The number of nitrogens with zero attached hydrogens (tertiary/aromatic N) is 4. The van der Waals surface area contributed by atoms with Crippen molar-refractivity contribution in [2.75, 3.05) is 39.7 Å². The van der Waals surface area contributed by atoms with Gasteiger partial charge in [0.2, 0.25) is 0 Å². The summed E-state index contributed by atoms with van der Waals surface area (Å²) in [6.45, 7) is 13.1. The molecule has 0 aliphatic rings. The van der Waals surface area contributed by atoms with Gasteiger partial charge in [-0.2, -0.15) is 0 Å². The van der Waals surface area contributed by atoms with Gasteiger partial charge in [0, 0.05) is 57.3 Å². The minimum absolute atomic E-state index is 0.0590. The van der Waals surface area contributed by atoms with Crippen LogP contribution in [0.2, 0.25) is 0 Å². The first-order valence-electron chi connectivity index (χ1n) is 16.0. The number of unbranched alkanes of at least 4 members (excludes halogenated alkanes) is 4. The van der Waals surface area contributed by atoms with E-state index in [1.54, 1.807) is 23.5 Å². The molecule has 240 valence electrons. The Bertz CT molecular complexity index is 1270. The number of aromatic nitrogens is 2. The number of pyridine rings is 1. The molecule has 0 radical (unpaired) electrons. The van der Waals surface area contributed by atoms with Crippen molar-refractivity contribution in [3.05, 3.63) is 41.6 Å². The van der Waals surface area contributed by atoms with Gasteiger partial charge in [0.15, 0.2) is 0 Å². The fourth-order valence-corrected chi connectivity index (χ4v) is 7.18. The van der Waals surface area contributed by atoms with Crippen LogP contribution in [0.5, 0.6) is 0 Å². The first-order chi connectivity index (χ1) is 20.4. The van der Waals surface area contributed by atoms with E-state index in [1.807, 2.05) is 51.8 Å². The van der Waals surface area contributed by atoms with Crippen LogP contribution in [-0.4, -0.2) is 67.7 Å². The zero-order chi connectivity index (χ0) is 32.2. The third-order valence-corrected chi connectivity index (χ3v) is 11.2. The number of aryl methyl sites for hydroxylation is 1. The lowest BCUT2D eigenvalue weighted by Crippen LogP contribution is -2.16. The third kappa shape index (κ3) is 11.5. The van der Waals surface area contributed by atoms with E-state index >= 15 is 0 Å². The zero-order valence-electron chi connectivity index (χ0n) is 28.5. The molecule has 3 rings (SSSR count). The molecule has 0 amide bonds. The van der Waals surface area contributed by atoms with Gasteiger partial charge in [-0.1, -0.05) is 120 Å². The molecule has 0 unspecified atom stereocenters. The molecule has 0 atom stereocenters. The Balaban J connectivity index is 0.00000316. The monoisotopic (exact) mass is 660 g/mol. The smallest absolute Gasteiger partial charge is 0.135 e. The van der Waals surface area contributed by atoms with Crippen molar-refractivity contribution in [1.82, 2.24) is 19.4 Å². The van der Waals surface area contributed by atoms with E-state index in [-0.39, 0.29) is 5.41 Å². The number of thiocarbonyl (C=S) groups is 2. The highest BCUT2D eigenvalue weighted by Crippen LogP contribution is 2.37. The summed E-state index contributed by atoms with van der Waals surface area (Å²) in [5.74, 6) is 2.20. The van der Waals surface area contributed by atoms with Gasteiger partial charge in [-0.25, -0.2) is 0 Å². The molecule has 2 aromatic heterocycles. The molecule has 0 aliphatic carbocycles. The summed E-state index contributed by atoms with van der Waals surface area (Å²) in [6.07, 6.45) is 11.8. The number of hydrogen-bond donors (Lipinski definition) is 0. The lowest BCUT2D eigenvalue weighted by atomic mass is 9.88. The molecule has 0 N–H and O–H groups in total. The average molecular weight is 661 g/mol. The molecule has 2 heterocycles. The summed E-state index contributed by atoms with van der Waals surface area (Å²) >= 11 is 14.5. The standard InChI is InChI=1S/C33H50N4S4.C2H6/c1-24-17-18-27-28(21-24)37(29-22-25(33(2,3)4)23-34-30(27)29)26(15-11-9-13-19-40-31(38)35(5)6)16-12-10-14-20-41-32(39)36(7)8;1-2/h17-18,21-23,26H,9-16,19-20H2,1-8H3;1-2H3. The Hall–Kier alpha value is -1.35. The van der Waals surface area contributed by atoms with Crippen LogP contribution >= 0.6 is 48.0 Å². The minimum atomic E-state index is 0.0590. The molecular formula is C35H56N4S4. The highest BCUT2D eigenvalue weighted by molar-refractivity contribution is 8.23.